The maximum atomic E-state index is 12.1. The van der Waals surface area contributed by atoms with E-state index in [1.807, 2.05) is 12.1 Å². The Morgan fingerprint density at radius 3 is 2.40 bits per heavy atom. The van der Waals surface area contributed by atoms with Gasteiger partial charge in [-0.25, -0.2) is 4.68 Å². The van der Waals surface area contributed by atoms with Gasteiger partial charge in [0.2, 0.25) is 5.91 Å². The number of halogens is 1. The van der Waals surface area contributed by atoms with Crippen molar-refractivity contribution in [1.29, 1.82) is 0 Å². The van der Waals surface area contributed by atoms with Gasteiger partial charge in [-0.1, -0.05) is 15.9 Å². The fourth-order valence-electron chi connectivity index (χ4n) is 2.05. The van der Waals surface area contributed by atoms with Crippen molar-refractivity contribution in [1.82, 2.24) is 25.5 Å². The first-order valence-electron chi connectivity index (χ1n) is 7.29. The molecule has 1 heterocycles. The summed E-state index contributed by atoms with van der Waals surface area (Å²) in [6, 6.07) is 13.9. The van der Waals surface area contributed by atoms with Crippen LogP contribution in [-0.2, 0) is 4.79 Å². The number of carbonyl (C=O) groups excluding carboxylic acids is 2. The lowest BCUT2D eigenvalue weighted by Crippen LogP contribution is -2.32. The van der Waals surface area contributed by atoms with Crippen LogP contribution in [0.3, 0.4) is 0 Å². The number of benzene rings is 2. The van der Waals surface area contributed by atoms with E-state index in [4.69, 9.17) is 0 Å². The minimum atomic E-state index is -0.339. The molecule has 1 aromatic heterocycles. The SMILES string of the molecule is O=C(CNC(=O)c1ccc(-n2cnnn2)cc1)Nc1ccc(Br)cc1. The summed E-state index contributed by atoms with van der Waals surface area (Å²) < 4.78 is 2.40. The van der Waals surface area contributed by atoms with Gasteiger partial charge in [-0.05, 0) is 59.0 Å². The summed E-state index contributed by atoms with van der Waals surface area (Å²) in [5, 5.41) is 16.1. The summed E-state index contributed by atoms with van der Waals surface area (Å²) in [4.78, 5) is 24.0. The molecule has 0 spiro atoms. The highest BCUT2D eigenvalue weighted by Crippen LogP contribution is 2.13. The Bertz CT molecular complexity index is 863. The van der Waals surface area contributed by atoms with Crippen LogP contribution in [0.4, 0.5) is 5.69 Å². The molecule has 0 atom stereocenters. The minimum absolute atomic E-state index is 0.121. The first-order chi connectivity index (χ1) is 12.1. The predicted molar refractivity (Wildman–Crippen MR) is 94.3 cm³/mol. The number of rotatable bonds is 5. The van der Waals surface area contributed by atoms with E-state index in [0.29, 0.717) is 11.3 Å². The first kappa shape index (κ1) is 16.8. The lowest BCUT2D eigenvalue weighted by Gasteiger charge is -2.07. The molecule has 0 unspecified atom stereocenters. The normalized spacial score (nSPS) is 10.3. The zero-order chi connectivity index (χ0) is 17.6. The van der Waals surface area contributed by atoms with E-state index in [1.54, 1.807) is 36.4 Å². The van der Waals surface area contributed by atoms with E-state index >= 15 is 0 Å². The molecule has 8 nitrogen and oxygen atoms in total. The van der Waals surface area contributed by atoms with Crippen molar-refractivity contribution in [3.8, 4) is 5.69 Å². The molecule has 2 N–H and O–H groups in total. The van der Waals surface area contributed by atoms with Gasteiger partial charge in [0.25, 0.3) is 5.91 Å². The molecule has 3 rings (SSSR count). The van der Waals surface area contributed by atoms with E-state index < -0.39 is 0 Å². The standard InChI is InChI=1S/C16H13BrN6O2/c17-12-3-5-13(6-4-12)20-15(24)9-18-16(25)11-1-7-14(8-2-11)23-10-19-21-22-23/h1-8,10H,9H2,(H,18,25)(H,20,24). The largest absolute Gasteiger partial charge is 0.343 e. The van der Waals surface area contributed by atoms with Gasteiger partial charge in [-0.15, -0.1) is 5.10 Å². The average molecular weight is 401 g/mol. The number of hydrogen-bond donors (Lipinski definition) is 2. The molecule has 0 radical (unpaired) electrons. The molecule has 0 aliphatic heterocycles. The number of aromatic nitrogens is 4. The van der Waals surface area contributed by atoms with Crippen molar-refractivity contribution in [2.24, 2.45) is 0 Å². The third kappa shape index (κ3) is 4.48. The highest BCUT2D eigenvalue weighted by atomic mass is 79.9. The summed E-state index contributed by atoms with van der Waals surface area (Å²) in [5.74, 6) is -0.643. The molecule has 0 aliphatic rings. The summed E-state index contributed by atoms with van der Waals surface area (Å²) in [7, 11) is 0. The average Bonchev–Trinajstić information content (AvgIpc) is 3.16. The maximum Gasteiger partial charge on any atom is 0.251 e. The van der Waals surface area contributed by atoms with E-state index in [2.05, 4.69) is 42.1 Å². The number of carbonyl (C=O) groups is 2. The van der Waals surface area contributed by atoms with Crippen LogP contribution in [0, 0.1) is 0 Å². The molecule has 3 aromatic rings. The zero-order valence-electron chi connectivity index (χ0n) is 12.9. The third-order valence-electron chi connectivity index (χ3n) is 3.28. The van der Waals surface area contributed by atoms with Crippen LogP contribution >= 0.6 is 15.9 Å². The van der Waals surface area contributed by atoms with Crippen molar-refractivity contribution in [2.75, 3.05) is 11.9 Å². The van der Waals surface area contributed by atoms with Crippen LogP contribution in [0.5, 0.6) is 0 Å². The van der Waals surface area contributed by atoms with Gasteiger partial charge in [-0.2, -0.15) is 0 Å². The molecule has 0 saturated carbocycles. The van der Waals surface area contributed by atoms with Crippen LogP contribution in [0.25, 0.3) is 5.69 Å². The molecule has 9 heteroatoms. The Morgan fingerprint density at radius 1 is 1.04 bits per heavy atom. The Balaban J connectivity index is 1.53. The van der Waals surface area contributed by atoms with Gasteiger partial charge in [0.1, 0.15) is 6.33 Å². The third-order valence-corrected chi connectivity index (χ3v) is 3.81. The molecule has 25 heavy (non-hydrogen) atoms. The van der Waals surface area contributed by atoms with Crippen LogP contribution in [-0.4, -0.2) is 38.6 Å². The van der Waals surface area contributed by atoms with Crippen LogP contribution in [0.15, 0.2) is 59.3 Å². The summed E-state index contributed by atoms with van der Waals surface area (Å²) in [6.45, 7) is -0.121. The Morgan fingerprint density at radius 2 is 1.76 bits per heavy atom. The monoisotopic (exact) mass is 400 g/mol. The quantitative estimate of drug-likeness (QED) is 0.679. The number of amides is 2. The lowest BCUT2D eigenvalue weighted by atomic mass is 10.2. The highest BCUT2D eigenvalue weighted by molar-refractivity contribution is 9.10. The van der Waals surface area contributed by atoms with Crippen molar-refractivity contribution in [3.63, 3.8) is 0 Å². The highest BCUT2D eigenvalue weighted by Gasteiger charge is 2.09. The van der Waals surface area contributed by atoms with Gasteiger partial charge in [0.05, 0.1) is 12.2 Å². The van der Waals surface area contributed by atoms with Crippen molar-refractivity contribution < 1.29 is 9.59 Å². The van der Waals surface area contributed by atoms with Crippen LogP contribution in [0.1, 0.15) is 10.4 Å². The Kier molecular flexibility index (Phi) is 5.14. The molecule has 0 bridgehead atoms. The predicted octanol–water partition coefficient (Wildman–Crippen LogP) is 1.79. The van der Waals surface area contributed by atoms with Gasteiger partial charge < -0.3 is 10.6 Å². The number of nitrogens with one attached hydrogen (secondary N) is 2. The van der Waals surface area contributed by atoms with E-state index in [0.717, 1.165) is 10.2 Å². The van der Waals surface area contributed by atoms with E-state index in [9.17, 15) is 9.59 Å². The van der Waals surface area contributed by atoms with E-state index in [1.165, 1.54) is 11.0 Å². The molecule has 0 fully saturated rings. The van der Waals surface area contributed by atoms with Crippen LogP contribution < -0.4 is 10.6 Å². The molecule has 0 aliphatic carbocycles. The number of nitrogens with zero attached hydrogens (tertiary/aromatic N) is 4. The molecule has 0 saturated heterocycles. The molecule has 126 valence electrons. The number of tetrazole rings is 1. The smallest absolute Gasteiger partial charge is 0.251 e. The summed E-state index contributed by atoms with van der Waals surface area (Å²) in [6.07, 6.45) is 1.46. The minimum Gasteiger partial charge on any atom is -0.343 e. The maximum absolute atomic E-state index is 12.1. The van der Waals surface area contributed by atoms with E-state index in [-0.39, 0.29) is 18.4 Å². The second-order valence-corrected chi connectivity index (χ2v) is 5.95. The second-order valence-electron chi connectivity index (χ2n) is 5.04. The Hall–Kier alpha value is -3.07. The Labute approximate surface area is 151 Å². The van der Waals surface area contributed by atoms with Gasteiger partial charge in [-0.3, -0.25) is 9.59 Å². The van der Waals surface area contributed by atoms with Crippen molar-refractivity contribution in [2.45, 2.75) is 0 Å². The topological polar surface area (TPSA) is 102 Å². The van der Waals surface area contributed by atoms with Crippen molar-refractivity contribution in [3.05, 3.63) is 64.9 Å². The number of anilines is 1. The summed E-state index contributed by atoms with van der Waals surface area (Å²) in [5.41, 5.74) is 1.83. The fraction of sp³-hybridized carbons (Fsp3) is 0.0625. The fourth-order valence-corrected chi connectivity index (χ4v) is 2.31. The second kappa shape index (κ2) is 7.67. The number of hydrogen-bond acceptors (Lipinski definition) is 5. The first-order valence-corrected chi connectivity index (χ1v) is 8.08. The van der Waals surface area contributed by atoms with Gasteiger partial charge in [0, 0.05) is 15.7 Å². The molecular formula is C16H13BrN6O2. The van der Waals surface area contributed by atoms with Gasteiger partial charge >= 0.3 is 0 Å². The van der Waals surface area contributed by atoms with Gasteiger partial charge in [0.15, 0.2) is 0 Å². The molecule has 2 amide bonds. The van der Waals surface area contributed by atoms with Crippen LogP contribution in [0.2, 0.25) is 0 Å². The summed E-state index contributed by atoms with van der Waals surface area (Å²) >= 11 is 3.32. The molecular weight excluding hydrogens is 388 g/mol. The molecule has 2 aromatic carbocycles. The lowest BCUT2D eigenvalue weighted by molar-refractivity contribution is -0.115. The zero-order valence-corrected chi connectivity index (χ0v) is 14.5. The van der Waals surface area contributed by atoms with Crippen molar-refractivity contribution >= 4 is 33.4 Å².